The summed E-state index contributed by atoms with van der Waals surface area (Å²) in [5.74, 6) is -0.807. The second kappa shape index (κ2) is 5.93. The molecule has 0 saturated heterocycles. The van der Waals surface area contributed by atoms with Crippen LogP contribution < -0.4 is 10.6 Å². The summed E-state index contributed by atoms with van der Waals surface area (Å²) in [6.45, 7) is 0. The predicted octanol–water partition coefficient (Wildman–Crippen LogP) is 4.21. The fourth-order valence-electron chi connectivity index (χ4n) is 1.76. The minimum absolute atomic E-state index is 0.260. The van der Waals surface area contributed by atoms with Crippen molar-refractivity contribution in [2.24, 2.45) is 0 Å². The molecule has 0 saturated carbocycles. The van der Waals surface area contributed by atoms with E-state index >= 15 is 0 Å². The topological polar surface area (TPSA) is 46.3 Å². The maximum absolute atomic E-state index is 13.5. The fourth-order valence-corrected chi connectivity index (χ4v) is 2.39. The number of rotatable bonds is 2. The van der Waals surface area contributed by atoms with Gasteiger partial charge in [0.05, 0.1) is 15.8 Å². The molecule has 2 rings (SSSR count). The second-order valence-electron chi connectivity index (χ2n) is 4.20. The molecule has 0 bridgehead atoms. The van der Waals surface area contributed by atoms with Gasteiger partial charge in [0.2, 0.25) is 0 Å². The Balaban J connectivity index is 2.34. The van der Waals surface area contributed by atoms with Gasteiger partial charge in [0.1, 0.15) is 5.82 Å². The highest BCUT2D eigenvalue weighted by atomic mass is 79.9. The van der Waals surface area contributed by atoms with E-state index in [2.05, 4.69) is 31.9 Å². The van der Waals surface area contributed by atoms with Gasteiger partial charge >= 0.3 is 0 Å². The highest BCUT2D eigenvalue weighted by molar-refractivity contribution is 9.10. The summed E-state index contributed by atoms with van der Waals surface area (Å²) >= 11 is 6.36. The Labute approximate surface area is 132 Å². The number of anilines is 2. The van der Waals surface area contributed by atoms with Crippen LogP contribution in [0.2, 0.25) is 0 Å². The molecular formula is C14H11Br2FN2O. The SMILES string of the molecule is CN(C(=O)c1ccc(Br)c(F)c1)c1ccc(Br)cc1N. The summed E-state index contributed by atoms with van der Waals surface area (Å²) < 4.78 is 14.6. The molecule has 2 N–H and O–H groups in total. The Morgan fingerprint density at radius 3 is 2.50 bits per heavy atom. The van der Waals surface area contributed by atoms with Crippen molar-refractivity contribution >= 4 is 49.1 Å². The number of hydrogen-bond donors (Lipinski definition) is 1. The normalized spacial score (nSPS) is 10.4. The Kier molecular flexibility index (Phi) is 4.45. The Morgan fingerprint density at radius 1 is 1.20 bits per heavy atom. The van der Waals surface area contributed by atoms with E-state index in [1.165, 1.54) is 17.0 Å². The van der Waals surface area contributed by atoms with E-state index in [1.54, 1.807) is 31.3 Å². The highest BCUT2D eigenvalue weighted by Gasteiger charge is 2.17. The number of amides is 1. The molecule has 0 spiro atoms. The summed E-state index contributed by atoms with van der Waals surface area (Å²) in [5.41, 5.74) is 7.18. The zero-order valence-electron chi connectivity index (χ0n) is 10.5. The van der Waals surface area contributed by atoms with Crippen LogP contribution in [0.3, 0.4) is 0 Å². The quantitative estimate of drug-likeness (QED) is 0.766. The average molecular weight is 402 g/mol. The molecule has 0 unspecified atom stereocenters. The van der Waals surface area contributed by atoms with Crippen molar-refractivity contribution in [2.75, 3.05) is 17.7 Å². The van der Waals surface area contributed by atoms with E-state index in [0.29, 0.717) is 15.8 Å². The zero-order valence-corrected chi connectivity index (χ0v) is 13.7. The van der Waals surface area contributed by atoms with Gasteiger partial charge in [-0.3, -0.25) is 4.79 Å². The third-order valence-electron chi connectivity index (χ3n) is 2.82. The Bertz CT molecular complexity index is 676. The molecule has 0 fully saturated rings. The lowest BCUT2D eigenvalue weighted by Gasteiger charge is -2.19. The molecule has 3 nitrogen and oxygen atoms in total. The number of carbonyl (C=O) groups is 1. The van der Waals surface area contributed by atoms with Gasteiger partial charge in [0, 0.05) is 17.1 Å². The summed E-state index contributed by atoms with van der Waals surface area (Å²) in [7, 11) is 1.60. The van der Waals surface area contributed by atoms with Crippen molar-refractivity contribution in [1.82, 2.24) is 0 Å². The van der Waals surface area contributed by atoms with Gasteiger partial charge in [-0.15, -0.1) is 0 Å². The van der Waals surface area contributed by atoms with Crippen molar-refractivity contribution in [2.45, 2.75) is 0 Å². The van der Waals surface area contributed by atoms with Crippen LogP contribution in [0.1, 0.15) is 10.4 Å². The number of nitrogen functional groups attached to an aromatic ring is 1. The van der Waals surface area contributed by atoms with Crippen molar-refractivity contribution < 1.29 is 9.18 Å². The monoisotopic (exact) mass is 400 g/mol. The van der Waals surface area contributed by atoms with Crippen LogP contribution in [0.5, 0.6) is 0 Å². The van der Waals surface area contributed by atoms with Crippen LogP contribution in [-0.2, 0) is 0 Å². The first-order chi connectivity index (χ1) is 9.40. The molecule has 0 heterocycles. The molecule has 2 aromatic rings. The van der Waals surface area contributed by atoms with Gasteiger partial charge in [0.15, 0.2) is 0 Å². The van der Waals surface area contributed by atoms with Crippen molar-refractivity contribution in [3.8, 4) is 0 Å². The van der Waals surface area contributed by atoms with Gasteiger partial charge in [-0.2, -0.15) is 0 Å². The average Bonchev–Trinajstić information content (AvgIpc) is 2.40. The third-order valence-corrected chi connectivity index (χ3v) is 3.96. The summed E-state index contributed by atoms with van der Waals surface area (Å²) in [6, 6.07) is 9.48. The van der Waals surface area contributed by atoms with Gasteiger partial charge in [0.25, 0.3) is 5.91 Å². The Morgan fingerprint density at radius 2 is 1.90 bits per heavy atom. The van der Waals surface area contributed by atoms with E-state index in [0.717, 1.165) is 4.47 Å². The van der Waals surface area contributed by atoms with Crippen molar-refractivity contribution in [1.29, 1.82) is 0 Å². The number of hydrogen-bond acceptors (Lipinski definition) is 2. The van der Waals surface area contributed by atoms with Gasteiger partial charge in [-0.25, -0.2) is 4.39 Å². The molecule has 0 aliphatic heterocycles. The number of halogens is 3. The third kappa shape index (κ3) is 3.02. The van der Waals surface area contributed by atoms with Gasteiger partial charge < -0.3 is 10.6 Å². The maximum atomic E-state index is 13.5. The van der Waals surface area contributed by atoms with E-state index < -0.39 is 5.82 Å². The number of nitrogens with two attached hydrogens (primary N) is 1. The van der Waals surface area contributed by atoms with Crippen molar-refractivity contribution in [3.63, 3.8) is 0 Å². The lowest BCUT2D eigenvalue weighted by atomic mass is 10.1. The minimum atomic E-state index is -0.479. The van der Waals surface area contributed by atoms with Crippen LogP contribution in [0.4, 0.5) is 15.8 Å². The van der Waals surface area contributed by atoms with Crippen LogP contribution in [0.25, 0.3) is 0 Å². The first-order valence-electron chi connectivity index (χ1n) is 5.68. The number of nitrogens with zero attached hydrogens (tertiary/aromatic N) is 1. The zero-order chi connectivity index (χ0) is 14.9. The molecule has 0 aromatic heterocycles. The van der Waals surface area contributed by atoms with Crippen LogP contribution in [0, 0.1) is 5.82 Å². The predicted molar refractivity (Wildman–Crippen MR) is 85.4 cm³/mol. The molecule has 104 valence electrons. The molecule has 0 aliphatic carbocycles. The number of carbonyl (C=O) groups excluding carboxylic acids is 1. The lowest BCUT2D eigenvalue weighted by molar-refractivity contribution is 0.0992. The van der Waals surface area contributed by atoms with E-state index in [-0.39, 0.29) is 11.5 Å². The van der Waals surface area contributed by atoms with E-state index in [9.17, 15) is 9.18 Å². The maximum Gasteiger partial charge on any atom is 0.258 e. The highest BCUT2D eigenvalue weighted by Crippen LogP contribution is 2.27. The summed E-state index contributed by atoms with van der Waals surface area (Å²) in [6.07, 6.45) is 0. The first kappa shape index (κ1) is 15.0. The minimum Gasteiger partial charge on any atom is -0.397 e. The molecule has 0 radical (unpaired) electrons. The van der Waals surface area contributed by atoms with Crippen LogP contribution in [-0.4, -0.2) is 13.0 Å². The fraction of sp³-hybridized carbons (Fsp3) is 0.0714. The van der Waals surface area contributed by atoms with Crippen LogP contribution >= 0.6 is 31.9 Å². The molecule has 6 heteroatoms. The van der Waals surface area contributed by atoms with E-state index in [4.69, 9.17) is 5.73 Å². The standard InChI is InChI=1S/C14H11Br2FN2O/c1-19(13-5-3-9(15)7-12(13)18)14(20)8-2-4-10(16)11(17)6-8/h2-7H,18H2,1H3. The number of benzene rings is 2. The smallest absolute Gasteiger partial charge is 0.258 e. The summed E-state index contributed by atoms with van der Waals surface area (Å²) in [4.78, 5) is 13.7. The summed E-state index contributed by atoms with van der Waals surface area (Å²) in [5, 5.41) is 0. The van der Waals surface area contributed by atoms with Crippen molar-refractivity contribution in [3.05, 3.63) is 56.7 Å². The molecule has 0 aliphatic rings. The van der Waals surface area contributed by atoms with E-state index in [1.807, 2.05) is 0 Å². The molecule has 0 atom stereocenters. The van der Waals surface area contributed by atoms with Gasteiger partial charge in [-0.1, -0.05) is 15.9 Å². The molecule has 2 aromatic carbocycles. The lowest BCUT2D eigenvalue weighted by Crippen LogP contribution is -2.27. The Hall–Kier alpha value is -1.40. The first-order valence-corrected chi connectivity index (χ1v) is 7.27. The largest absolute Gasteiger partial charge is 0.397 e. The second-order valence-corrected chi connectivity index (χ2v) is 5.97. The van der Waals surface area contributed by atoms with Crippen LogP contribution in [0.15, 0.2) is 45.3 Å². The molecule has 1 amide bonds. The van der Waals surface area contributed by atoms with Gasteiger partial charge in [-0.05, 0) is 52.3 Å². The molecule has 20 heavy (non-hydrogen) atoms. The molecular weight excluding hydrogens is 391 g/mol.